The summed E-state index contributed by atoms with van der Waals surface area (Å²) in [4.78, 5) is 9.85. The third-order valence-corrected chi connectivity index (χ3v) is 2.31. The molecule has 0 aliphatic heterocycles. The molecule has 0 saturated heterocycles. The maximum absolute atomic E-state index is 12.4. The Morgan fingerprint density at radius 2 is 2.11 bits per heavy atom. The zero-order chi connectivity index (χ0) is 14.5. The van der Waals surface area contributed by atoms with E-state index >= 15 is 0 Å². The van der Waals surface area contributed by atoms with Crippen molar-refractivity contribution in [3.63, 3.8) is 0 Å². The van der Waals surface area contributed by atoms with Gasteiger partial charge in [-0.2, -0.15) is 13.2 Å². The number of benzene rings is 1. The van der Waals surface area contributed by atoms with E-state index in [0.717, 1.165) is 12.1 Å². The van der Waals surface area contributed by atoms with E-state index in [-0.39, 0.29) is 12.4 Å². The van der Waals surface area contributed by atoms with E-state index in [1.807, 2.05) is 0 Å². The number of hydrogen-bond acceptors (Lipinski definition) is 4. The van der Waals surface area contributed by atoms with Crippen molar-refractivity contribution in [2.45, 2.75) is 12.6 Å². The molecular weight excluding hydrogens is 265 g/mol. The van der Waals surface area contributed by atoms with Gasteiger partial charge in [0.25, 0.3) is 0 Å². The van der Waals surface area contributed by atoms with Crippen LogP contribution in [0.25, 0.3) is 0 Å². The van der Waals surface area contributed by atoms with Gasteiger partial charge in [0, 0.05) is 6.07 Å². The van der Waals surface area contributed by atoms with Gasteiger partial charge in [-0.3, -0.25) is 10.1 Å². The van der Waals surface area contributed by atoms with E-state index in [1.54, 1.807) is 7.05 Å². The second-order valence-corrected chi connectivity index (χ2v) is 3.74. The highest BCUT2D eigenvalue weighted by Crippen LogP contribution is 2.35. The number of nitrogens with one attached hydrogen (secondary N) is 1. The molecule has 0 aliphatic rings. The molecule has 8 heteroatoms. The molecular formula is C11H13F3N2O3. The quantitative estimate of drug-likeness (QED) is 0.493. The normalized spacial score (nSPS) is 11.4. The Bertz CT molecular complexity index is 449. The number of nitrogens with zero attached hydrogens (tertiary/aromatic N) is 1. The Kier molecular flexibility index (Phi) is 5.11. The SMILES string of the molecule is CNCCCOc1ccc(C(F)(F)F)cc1[N+](=O)[O-]. The van der Waals surface area contributed by atoms with Crippen molar-refractivity contribution in [2.24, 2.45) is 0 Å². The average molecular weight is 278 g/mol. The highest BCUT2D eigenvalue weighted by Gasteiger charge is 2.33. The number of halogens is 3. The fourth-order valence-corrected chi connectivity index (χ4v) is 1.39. The predicted octanol–water partition coefficient (Wildman–Crippen LogP) is 2.60. The molecule has 1 aromatic rings. The average Bonchev–Trinajstić information content (AvgIpc) is 2.33. The highest BCUT2D eigenvalue weighted by molar-refractivity contribution is 5.49. The van der Waals surface area contributed by atoms with Gasteiger partial charge in [0.2, 0.25) is 0 Å². The molecule has 0 saturated carbocycles. The van der Waals surface area contributed by atoms with Gasteiger partial charge in [-0.15, -0.1) is 0 Å². The maximum Gasteiger partial charge on any atom is 0.416 e. The molecule has 0 aliphatic carbocycles. The van der Waals surface area contributed by atoms with E-state index in [0.29, 0.717) is 19.0 Å². The summed E-state index contributed by atoms with van der Waals surface area (Å²) in [5.74, 6) is -0.158. The summed E-state index contributed by atoms with van der Waals surface area (Å²) in [5.41, 5.74) is -1.75. The number of hydrogen-bond donors (Lipinski definition) is 1. The zero-order valence-corrected chi connectivity index (χ0v) is 10.2. The first kappa shape index (κ1) is 15.2. The molecule has 0 heterocycles. The lowest BCUT2D eigenvalue weighted by molar-refractivity contribution is -0.386. The van der Waals surface area contributed by atoms with Crippen LogP contribution in [0.1, 0.15) is 12.0 Å². The van der Waals surface area contributed by atoms with Crippen molar-refractivity contribution in [1.29, 1.82) is 0 Å². The Labute approximate surface area is 107 Å². The van der Waals surface area contributed by atoms with Crippen molar-refractivity contribution in [1.82, 2.24) is 5.32 Å². The summed E-state index contributed by atoms with van der Waals surface area (Å²) in [7, 11) is 1.74. The van der Waals surface area contributed by atoms with Crippen LogP contribution >= 0.6 is 0 Å². The third kappa shape index (κ3) is 4.40. The van der Waals surface area contributed by atoms with Crippen LogP contribution in [0.2, 0.25) is 0 Å². The summed E-state index contributed by atoms with van der Waals surface area (Å²) in [6, 6.07) is 2.22. The van der Waals surface area contributed by atoms with Crippen molar-refractivity contribution >= 4 is 5.69 Å². The van der Waals surface area contributed by atoms with E-state index in [4.69, 9.17) is 4.74 Å². The van der Waals surface area contributed by atoms with Crippen molar-refractivity contribution in [2.75, 3.05) is 20.2 Å². The van der Waals surface area contributed by atoms with E-state index in [9.17, 15) is 23.3 Å². The molecule has 106 valence electrons. The van der Waals surface area contributed by atoms with Crippen molar-refractivity contribution < 1.29 is 22.8 Å². The lowest BCUT2D eigenvalue weighted by atomic mass is 10.2. The van der Waals surface area contributed by atoms with Crippen LogP contribution in [0.5, 0.6) is 5.75 Å². The van der Waals surface area contributed by atoms with Crippen LogP contribution in [-0.4, -0.2) is 25.1 Å². The standard InChI is InChI=1S/C11H13F3N2O3/c1-15-5-2-6-19-10-4-3-8(11(12,13)14)7-9(10)16(17)18/h3-4,7,15H,2,5-6H2,1H3. The summed E-state index contributed by atoms with van der Waals surface area (Å²) in [6.07, 6.45) is -4.02. The lowest BCUT2D eigenvalue weighted by Crippen LogP contribution is -2.12. The van der Waals surface area contributed by atoms with Crippen LogP contribution in [0.4, 0.5) is 18.9 Å². The fourth-order valence-electron chi connectivity index (χ4n) is 1.39. The number of rotatable bonds is 6. The van der Waals surface area contributed by atoms with E-state index < -0.39 is 22.4 Å². The molecule has 0 atom stereocenters. The molecule has 0 amide bonds. The maximum atomic E-state index is 12.4. The summed E-state index contributed by atoms with van der Waals surface area (Å²) < 4.78 is 42.5. The lowest BCUT2D eigenvalue weighted by Gasteiger charge is -2.10. The van der Waals surface area contributed by atoms with Gasteiger partial charge in [-0.1, -0.05) is 0 Å². The van der Waals surface area contributed by atoms with Crippen LogP contribution in [0, 0.1) is 10.1 Å². The Balaban J connectivity index is 2.90. The van der Waals surface area contributed by atoms with Gasteiger partial charge in [-0.05, 0) is 32.1 Å². The molecule has 0 unspecified atom stereocenters. The van der Waals surface area contributed by atoms with Crippen LogP contribution < -0.4 is 10.1 Å². The minimum atomic E-state index is -4.62. The molecule has 5 nitrogen and oxygen atoms in total. The fraction of sp³-hybridized carbons (Fsp3) is 0.455. The topological polar surface area (TPSA) is 64.4 Å². The van der Waals surface area contributed by atoms with Gasteiger partial charge in [0.05, 0.1) is 17.1 Å². The molecule has 0 bridgehead atoms. The molecule has 19 heavy (non-hydrogen) atoms. The first-order valence-corrected chi connectivity index (χ1v) is 5.49. The molecule has 0 fully saturated rings. The van der Waals surface area contributed by atoms with Gasteiger partial charge in [-0.25, -0.2) is 0 Å². The first-order chi connectivity index (χ1) is 8.86. The third-order valence-electron chi connectivity index (χ3n) is 2.31. The first-order valence-electron chi connectivity index (χ1n) is 5.49. The smallest absolute Gasteiger partial charge is 0.416 e. The number of nitro benzene ring substituents is 1. The largest absolute Gasteiger partial charge is 0.487 e. The second kappa shape index (κ2) is 6.37. The highest BCUT2D eigenvalue weighted by atomic mass is 19.4. The Hall–Kier alpha value is -1.83. The van der Waals surface area contributed by atoms with Gasteiger partial charge < -0.3 is 10.1 Å². The van der Waals surface area contributed by atoms with E-state index in [1.165, 1.54) is 0 Å². The minimum absolute atomic E-state index is 0.158. The summed E-state index contributed by atoms with van der Waals surface area (Å²) >= 11 is 0. The molecule has 1 N–H and O–H groups in total. The summed E-state index contributed by atoms with van der Waals surface area (Å²) in [5, 5.41) is 13.6. The van der Waals surface area contributed by atoms with Crippen molar-refractivity contribution in [3.8, 4) is 5.75 Å². The zero-order valence-electron chi connectivity index (χ0n) is 10.2. The van der Waals surface area contributed by atoms with Gasteiger partial charge in [0.15, 0.2) is 5.75 Å². The molecule has 1 aromatic carbocycles. The monoisotopic (exact) mass is 278 g/mol. The molecule has 1 rings (SSSR count). The Morgan fingerprint density at radius 3 is 2.63 bits per heavy atom. The van der Waals surface area contributed by atoms with Gasteiger partial charge >= 0.3 is 11.9 Å². The number of alkyl halides is 3. The second-order valence-electron chi connectivity index (χ2n) is 3.74. The summed E-state index contributed by atoms with van der Waals surface area (Å²) in [6.45, 7) is 0.835. The van der Waals surface area contributed by atoms with Crippen LogP contribution in [-0.2, 0) is 6.18 Å². The molecule has 0 aromatic heterocycles. The number of nitro groups is 1. The number of ether oxygens (including phenoxy) is 1. The van der Waals surface area contributed by atoms with E-state index in [2.05, 4.69) is 5.32 Å². The predicted molar refractivity (Wildman–Crippen MR) is 62.1 cm³/mol. The minimum Gasteiger partial charge on any atom is -0.487 e. The van der Waals surface area contributed by atoms with Crippen LogP contribution in [0.15, 0.2) is 18.2 Å². The van der Waals surface area contributed by atoms with Gasteiger partial charge in [0.1, 0.15) is 0 Å². The van der Waals surface area contributed by atoms with Crippen molar-refractivity contribution in [3.05, 3.63) is 33.9 Å². The molecule has 0 radical (unpaired) electrons. The van der Waals surface area contributed by atoms with Crippen LogP contribution in [0.3, 0.4) is 0 Å². The molecule has 0 spiro atoms. The Morgan fingerprint density at radius 1 is 1.42 bits per heavy atom.